The minimum absolute atomic E-state index is 0.574. The lowest BCUT2D eigenvalue weighted by Gasteiger charge is -2.12. The van der Waals surface area contributed by atoms with Gasteiger partial charge in [0.15, 0.2) is 5.11 Å². The van der Waals surface area contributed by atoms with E-state index >= 15 is 0 Å². The Labute approximate surface area is 141 Å². The number of nitrogens with zero attached hydrogens (tertiary/aromatic N) is 2. The van der Waals surface area contributed by atoms with E-state index in [1.807, 2.05) is 41.2 Å². The number of aromatic nitrogens is 2. The van der Waals surface area contributed by atoms with Crippen molar-refractivity contribution in [1.29, 1.82) is 0 Å². The molecule has 4 nitrogen and oxygen atoms in total. The summed E-state index contributed by atoms with van der Waals surface area (Å²) >= 11 is 5.37. The van der Waals surface area contributed by atoms with Crippen molar-refractivity contribution in [2.24, 2.45) is 0 Å². The van der Waals surface area contributed by atoms with Crippen LogP contribution in [0.1, 0.15) is 11.1 Å². The quantitative estimate of drug-likeness (QED) is 0.711. The molecule has 0 spiro atoms. The fourth-order valence-electron chi connectivity index (χ4n) is 2.26. The van der Waals surface area contributed by atoms with Gasteiger partial charge in [-0.3, -0.25) is 4.68 Å². The SMILES string of the molecule is Cc1ccc(NC(=S)Nc2cccc(Cn3cccn3)c2)cc1. The summed E-state index contributed by atoms with van der Waals surface area (Å²) in [6.07, 6.45) is 3.73. The lowest BCUT2D eigenvalue weighted by molar-refractivity contribution is 0.687. The van der Waals surface area contributed by atoms with Crippen LogP contribution < -0.4 is 10.6 Å². The standard InChI is InChI=1S/C18H18N4S/c1-14-6-8-16(9-7-14)20-18(23)21-17-5-2-4-15(12-17)13-22-11-3-10-19-22/h2-12H,13H2,1H3,(H2,20,21,23). The first-order valence-electron chi connectivity index (χ1n) is 7.40. The largest absolute Gasteiger partial charge is 0.332 e. The molecule has 0 aliphatic carbocycles. The maximum Gasteiger partial charge on any atom is 0.175 e. The molecule has 0 fully saturated rings. The van der Waals surface area contributed by atoms with Crippen LogP contribution >= 0.6 is 12.2 Å². The first kappa shape index (κ1) is 15.2. The molecule has 0 unspecified atom stereocenters. The Bertz CT molecular complexity index is 779. The molecule has 2 N–H and O–H groups in total. The van der Waals surface area contributed by atoms with Crippen molar-refractivity contribution < 1.29 is 0 Å². The highest BCUT2D eigenvalue weighted by Gasteiger charge is 2.01. The molecule has 0 atom stereocenters. The Morgan fingerprint density at radius 1 is 1.04 bits per heavy atom. The second-order valence-electron chi connectivity index (χ2n) is 5.35. The van der Waals surface area contributed by atoms with Gasteiger partial charge in [0, 0.05) is 23.8 Å². The van der Waals surface area contributed by atoms with Gasteiger partial charge in [-0.25, -0.2) is 0 Å². The van der Waals surface area contributed by atoms with Crippen molar-refractivity contribution in [3.8, 4) is 0 Å². The van der Waals surface area contributed by atoms with E-state index in [2.05, 4.69) is 46.9 Å². The van der Waals surface area contributed by atoms with Gasteiger partial charge >= 0.3 is 0 Å². The third-order valence-corrected chi connectivity index (χ3v) is 3.60. The van der Waals surface area contributed by atoms with Crippen molar-refractivity contribution >= 4 is 28.7 Å². The van der Waals surface area contributed by atoms with Gasteiger partial charge in [-0.05, 0) is 55.0 Å². The molecule has 0 amide bonds. The number of rotatable bonds is 4. The van der Waals surface area contributed by atoms with Crippen LogP contribution in [0.2, 0.25) is 0 Å². The Balaban J connectivity index is 1.63. The van der Waals surface area contributed by atoms with Gasteiger partial charge in [0.1, 0.15) is 0 Å². The smallest absolute Gasteiger partial charge is 0.175 e. The molecular weight excluding hydrogens is 304 g/mol. The van der Waals surface area contributed by atoms with Gasteiger partial charge in [-0.2, -0.15) is 5.10 Å². The predicted octanol–water partition coefficient (Wildman–Crippen LogP) is 4.05. The molecule has 116 valence electrons. The minimum atomic E-state index is 0.574. The van der Waals surface area contributed by atoms with E-state index in [9.17, 15) is 0 Å². The summed E-state index contributed by atoms with van der Waals surface area (Å²) in [6, 6.07) is 18.2. The van der Waals surface area contributed by atoms with Crippen molar-refractivity contribution in [1.82, 2.24) is 9.78 Å². The van der Waals surface area contributed by atoms with Crippen molar-refractivity contribution in [3.63, 3.8) is 0 Å². The summed E-state index contributed by atoms with van der Waals surface area (Å²) in [7, 11) is 0. The molecule has 0 saturated heterocycles. The molecule has 1 heterocycles. The predicted molar refractivity (Wildman–Crippen MR) is 98.8 cm³/mol. The number of thiocarbonyl (C=S) groups is 1. The summed E-state index contributed by atoms with van der Waals surface area (Å²) in [5.41, 5.74) is 4.32. The third-order valence-electron chi connectivity index (χ3n) is 3.40. The lowest BCUT2D eigenvalue weighted by atomic mass is 10.2. The molecular formula is C18H18N4S. The molecule has 5 heteroatoms. The molecule has 3 rings (SSSR count). The minimum Gasteiger partial charge on any atom is -0.332 e. The summed E-state index contributed by atoms with van der Waals surface area (Å²) in [4.78, 5) is 0. The van der Waals surface area contributed by atoms with Gasteiger partial charge in [0.2, 0.25) is 0 Å². The van der Waals surface area contributed by atoms with Gasteiger partial charge < -0.3 is 10.6 Å². The van der Waals surface area contributed by atoms with Crippen LogP contribution in [0.3, 0.4) is 0 Å². The van der Waals surface area contributed by atoms with Crippen molar-refractivity contribution in [3.05, 3.63) is 78.1 Å². The van der Waals surface area contributed by atoms with Crippen LogP contribution in [-0.2, 0) is 6.54 Å². The summed E-state index contributed by atoms with van der Waals surface area (Å²) in [5, 5.41) is 11.2. The van der Waals surface area contributed by atoms with E-state index < -0.39 is 0 Å². The first-order chi connectivity index (χ1) is 11.2. The van der Waals surface area contributed by atoms with Crippen LogP contribution in [0.5, 0.6) is 0 Å². The number of hydrogen-bond acceptors (Lipinski definition) is 2. The maximum absolute atomic E-state index is 5.37. The zero-order valence-corrected chi connectivity index (χ0v) is 13.7. The van der Waals surface area contributed by atoms with E-state index in [-0.39, 0.29) is 0 Å². The third kappa shape index (κ3) is 4.40. The Kier molecular flexibility index (Phi) is 4.68. The molecule has 23 heavy (non-hydrogen) atoms. The zero-order chi connectivity index (χ0) is 16.1. The molecule has 3 aromatic rings. The summed E-state index contributed by atoms with van der Waals surface area (Å²) in [6.45, 7) is 2.80. The van der Waals surface area contributed by atoms with Gasteiger partial charge in [0.05, 0.1) is 6.54 Å². The molecule has 2 aromatic carbocycles. The van der Waals surface area contributed by atoms with Gasteiger partial charge in [0.25, 0.3) is 0 Å². The average molecular weight is 322 g/mol. The second-order valence-corrected chi connectivity index (χ2v) is 5.76. The average Bonchev–Trinajstić information content (AvgIpc) is 3.03. The van der Waals surface area contributed by atoms with E-state index in [1.165, 1.54) is 5.56 Å². The number of hydrogen-bond donors (Lipinski definition) is 2. The Morgan fingerprint density at radius 2 is 1.83 bits per heavy atom. The molecule has 1 aromatic heterocycles. The molecule has 0 aliphatic heterocycles. The van der Waals surface area contributed by atoms with Crippen LogP contribution in [0.25, 0.3) is 0 Å². The Hall–Kier alpha value is -2.66. The van der Waals surface area contributed by atoms with Crippen LogP contribution in [0.4, 0.5) is 11.4 Å². The monoisotopic (exact) mass is 322 g/mol. The first-order valence-corrected chi connectivity index (χ1v) is 7.81. The molecule has 0 radical (unpaired) electrons. The number of anilines is 2. The molecule has 0 saturated carbocycles. The zero-order valence-electron chi connectivity index (χ0n) is 12.9. The summed E-state index contributed by atoms with van der Waals surface area (Å²) < 4.78 is 1.89. The molecule has 0 aliphatic rings. The second kappa shape index (κ2) is 7.07. The normalized spacial score (nSPS) is 10.3. The lowest BCUT2D eigenvalue weighted by Crippen LogP contribution is -2.19. The van der Waals surface area contributed by atoms with Crippen molar-refractivity contribution in [2.75, 3.05) is 10.6 Å². The Morgan fingerprint density at radius 3 is 2.57 bits per heavy atom. The number of benzene rings is 2. The number of aryl methyl sites for hydroxylation is 1. The highest BCUT2D eigenvalue weighted by atomic mass is 32.1. The number of nitrogens with one attached hydrogen (secondary N) is 2. The van der Waals surface area contributed by atoms with Crippen LogP contribution in [0.15, 0.2) is 67.0 Å². The van der Waals surface area contributed by atoms with E-state index in [1.54, 1.807) is 6.20 Å². The fourth-order valence-corrected chi connectivity index (χ4v) is 2.49. The van der Waals surface area contributed by atoms with Crippen molar-refractivity contribution in [2.45, 2.75) is 13.5 Å². The van der Waals surface area contributed by atoms with Gasteiger partial charge in [-0.15, -0.1) is 0 Å². The van der Waals surface area contributed by atoms with E-state index in [0.717, 1.165) is 23.5 Å². The fraction of sp³-hybridized carbons (Fsp3) is 0.111. The van der Waals surface area contributed by atoms with E-state index in [4.69, 9.17) is 12.2 Å². The van der Waals surface area contributed by atoms with Gasteiger partial charge in [-0.1, -0.05) is 29.8 Å². The highest BCUT2D eigenvalue weighted by molar-refractivity contribution is 7.80. The van der Waals surface area contributed by atoms with Crippen LogP contribution in [0, 0.1) is 6.92 Å². The van der Waals surface area contributed by atoms with E-state index in [0.29, 0.717) is 5.11 Å². The van der Waals surface area contributed by atoms with Crippen LogP contribution in [-0.4, -0.2) is 14.9 Å². The molecule has 0 bridgehead atoms. The summed E-state index contributed by atoms with van der Waals surface area (Å²) in [5.74, 6) is 0. The topological polar surface area (TPSA) is 41.9 Å². The maximum atomic E-state index is 5.37. The highest BCUT2D eigenvalue weighted by Crippen LogP contribution is 2.13.